The summed E-state index contributed by atoms with van der Waals surface area (Å²) in [5.74, 6) is 0. The molecular formula is C41H130O18Si6. The van der Waals surface area contributed by atoms with E-state index in [0.29, 0.717) is 5.54 Å². The summed E-state index contributed by atoms with van der Waals surface area (Å²) in [4.78, 5) is 0. The molecule has 426 valence electrons. The van der Waals surface area contributed by atoms with E-state index < -0.39 is 52.8 Å². The molecule has 0 N–H and O–H groups in total. The van der Waals surface area contributed by atoms with Crippen molar-refractivity contribution < 1.29 is 79.7 Å². The van der Waals surface area contributed by atoms with Gasteiger partial charge in [-0.25, -0.2) is 0 Å². The van der Waals surface area contributed by atoms with E-state index in [1.54, 1.807) is 128 Å². The quantitative estimate of drug-likeness (QED) is 0.0939. The van der Waals surface area contributed by atoms with Gasteiger partial charge < -0.3 is 79.7 Å². The van der Waals surface area contributed by atoms with Gasteiger partial charge in [-0.3, -0.25) is 0 Å². The van der Waals surface area contributed by atoms with Gasteiger partial charge in [0.15, 0.2) is 0 Å². The molecule has 0 aromatic heterocycles. The summed E-state index contributed by atoms with van der Waals surface area (Å²) in [6.07, 6.45) is 3.51. The lowest BCUT2D eigenvalue weighted by Crippen LogP contribution is -2.46. The maximum atomic E-state index is 5.39. The molecule has 0 amide bonds. The van der Waals surface area contributed by atoms with Crippen molar-refractivity contribution >= 4 is 52.8 Å². The lowest BCUT2D eigenvalue weighted by atomic mass is 10.2. The van der Waals surface area contributed by atoms with Gasteiger partial charge in [0.2, 0.25) is 0 Å². The third-order valence-corrected chi connectivity index (χ3v) is 22.3. The van der Waals surface area contributed by atoms with Crippen LogP contribution in [0, 0.1) is 0 Å². The van der Waals surface area contributed by atoms with Gasteiger partial charge in [-0.2, -0.15) is 0 Å². The molecule has 0 saturated heterocycles. The predicted molar refractivity (Wildman–Crippen MR) is 300 cm³/mol. The van der Waals surface area contributed by atoms with Gasteiger partial charge in [0.25, 0.3) is 0 Å². The Bertz CT molecular complexity index is 600. The highest BCUT2D eigenvalue weighted by Crippen LogP contribution is 2.28. The zero-order valence-electron chi connectivity index (χ0n) is 38.0. The highest BCUT2D eigenvalue weighted by atomic mass is 28.4. The summed E-state index contributed by atoms with van der Waals surface area (Å²) >= 11 is 0. The molecule has 0 rings (SSSR count). The van der Waals surface area contributed by atoms with Crippen LogP contribution in [0.4, 0.5) is 0 Å². The number of rotatable bonds is 22. The highest BCUT2D eigenvalue weighted by molar-refractivity contribution is 6.62. The van der Waals surface area contributed by atoms with Crippen molar-refractivity contribution in [1.82, 2.24) is 0 Å². The number of hydrogen-bond donors (Lipinski definition) is 0. The Balaban J connectivity index is -0.0000000248. The summed E-state index contributed by atoms with van der Waals surface area (Å²) in [6.45, 7) is 13.5. The highest BCUT2D eigenvalue weighted by Gasteiger charge is 2.44. The van der Waals surface area contributed by atoms with Crippen LogP contribution in [0.3, 0.4) is 0 Å². The summed E-state index contributed by atoms with van der Waals surface area (Å²) < 4.78 is 90.1. The molecule has 0 aliphatic carbocycles. The number of hydrogen-bond acceptors (Lipinski definition) is 18. The molecule has 0 spiro atoms. The maximum Gasteiger partial charge on any atom is 0.503 e. The van der Waals surface area contributed by atoms with Gasteiger partial charge >= 0.3 is 52.8 Å². The summed E-state index contributed by atoms with van der Waals surface area (Å²) in [6, 6.07) is 0. The second-order valence-electron chi connectivity index (χ2n) is 10.6. The molecule has 24 heteroatoms. The third-order valence-electron chi connectivity index (χ3n) is 8.01. The Kier molecular flexibility index (Phi) is 132. The summed E-state index contributed by atoms with van der Waals surface area (Å²) in [5.41, 5.74) is 0.382. The second-order valence-corrected chi connectivity index (χ2v) is 28.8. The van der Waals surface area contributed by atoms with Gasteiger partial charge in [-0.1, -0.05) is 116 Å². The van der Waals surface area contributed by atoms with Gasteiger partial charge in [-0.15, -0.1) is 0 Å². The molecule has 1 unspecified atom stereocenters. The lowest BCUT2D eigenvalue weighted by Gasteiger charge is -2.30. The van der Waals surface area contributed by atoms with Crippen LogP contribution in [0.15, 0.2) is 0 Å². The smallest absolute Gasteiger partial charge is 0.377 e. The molecule has 0 bridgehead atoms. The Morgan fingerprint density at radius 2 is 0.385 bits per heavy atom. The first kappa shape index (κ1) is 121. The molecule has 0 radical (unpaired) electrons. The molecule has 65 heavy (non-hydrogen) atoms. The van der Waals surface area contributed by atoms with Crippen molar-refractivity contribution in [3.05, 3.63) is 0 Å². The molecule has 0 aromatic rings. The van der Waals surface area contributed by atoms with E-state index in [0.717, 1.165) is 6.42 Å². The van der Waals surface area contributed by atoms with Gasteiger partial charge in [0.1, 0.15) is 0 Å². The van der Waals surface area contributed by atoms with Crippen molar-refractivity contribution in [2.75, 3.05) is 128 Å². The van der Waals surface area contributed by atoms with Crippen molar-refractivity contribution in [2.45, 2.75) is 161 Å². The fourth-order valence-electron chi connectivity index (χ4n) is 2.79. The minimum absolute atomic E-state index is 0. The number of unbranched alkanes of at least 4 members (excludes halogenated alkanes) is 1. The van der Waals surface area contributed by atoms with E-state index in [4.69, 9.17) is 79.7 Å². The Morgan fingerprint density at radius 3 is 0.446 bits per heavy atom. The van der Waals surface area contributed by atoms with E-state index in [1.807, 2.05) is 32.7 Å². The van der Waals surface area contributed by atoms with Crippen LogP contribution in [0.5, 0.6) is 0 Å². The molecule has 0 aliphatic heterocycles. The standard InChI is InChI=1S/C9H22O3Si.5C4H12O3Si.12CH4/c1-6-7-8-9(2)13(10-3,11-4)12-5;5*1-5-8(4,6-2)7-3;;;;;;;;;;;;/h9H,6-8H2,1-5H3;5*1-4H3;12*1H4. The zero-order valence-corrected chi connectivity index (χ0v) is 44.0. The molecule has 0 aromatic carbocycles. The van der Waals surface area contributed by atoms with E-state index in [2.05, 4.69) is 13.8 Å². The molecule has 0 heterocycles. The first-order chi connectivity index (χ1) is 24.6. The van der Waals surface area contributed by atoms with Crippen LogP contribution in [-0.2, 0) is 79.7 Å². The van der Waals surface area contributed by atoms with E-state index >= 15 is 0 Å². The van der Waals surface area contributed by atoms with Crippen LogP contribution in [0.2, 0.25) is 38.3 Å². The molecule has 0 aliphatic rings. The lowest BCUT2D eigenvalue weighted by molar-refractivity contribution is 0.111. The fraction of sp³-hybridized carbons (Fsp3) is 1.00. The van der Waals surface area contributed by atoms with E-state index in [1.165, 1.54) is 12.8 Å². The Morgan fingerprint density at radius 1 is 0.262 bits per heavy atom. The maximum absolute atomic E-state index is 5.39. The normalized spacial score (nSPS) is 10.3. The average molecular weight is 1080 g/mol. The summed E-state index contributed by atoms with van der Waals surface area (Å²) in [7, 11) is 15.5. The fourth-order valence-corrected chi connectivity index (χ4v) is 7.56. The molecule has 18 nitrogen and oxygen atoms in total. The van der Waals surface area contributed by atoms with E-state index in [-0.39, 0.29) is 89.1 Å². The van der Waals surface area contributed by atoms with Crippen LogP contribution in [0.25, 0.3) is 0 Å². The van der Waals surface area contributed by atoms with Gasteiger partial charge in [0, 0.05) is 166 Å². The Labute approximate surface area is 419 Å². The SMILES string of the molecule is C.C.C.C.C.C.C.C.C.C.C.C.CCCCC(C)[Si](OC)(OC)OC.CO[Si](C)(OC)OC.CO[Si](C)(OC)OC.CO[Si](C)(OC)OC.CO[Si](C)(OC)OC.CO[Si](C)(OC)OC. The van der Waals surface area contributed by atoms with Crippen LogP contribution in [0.1, 0.15) is 122 Å². The average Bonchev–Trinajstić information content (AvgIpc) is 3.23. The summed E-state index contributed by atoms with van der Waals surface area (Å²) in [5, 5.41) is 0. The molecule has 0 fully saturated rings. The van der Waals surface area contributed by atoms with Gasteiger partial charge in [-0.05, 0) is 6.42 Å². The monoisotopic (exact) mass is 1080 g/mol. The Hall–Kier alpha value is 0.581. The second kappa shape index (κ2) is 71.1. The third kappa shape index (κ3) is 60.6. The predicted octanol–water partition coefficient (Wildman–Crippen LogP) is 12.5. The molecule has 1 atom stereocenters. The van der Waals surface area contributed by atoms with E-state index in [9.17, 15) is 0 Å². The van der Waals surface area contributed by atoms with Gasteiger partial charge in [0.05, 0.1) is 0 Å². The topological polar surface area (TPSA) is 166 Å². The van der Waals surface area contributed by atoms with Crippen molar-refractivity contribution in [3.8, 4) is 0 Å². The largest absolute Gasteiger partial charge is 0.503 e. The van der Waals surface area contributed by atoms with Crippen LogP contribution < -0.4 is 0 Å². The van der Waals surface area contributed by atoms with Crippen LogP contribution in [-0.4, -0.2) is 181 Å². The minimum atomic E-state index is -2.36. The first-order valence-corrected chi connectivity index (χ1v) is 29.4. The molecular weight excluding hydrogens is 949 g/mol. The first-order valence-electron chi connectivity index (χ1n) is 16.5. The minimum Gasteiger partial charge on any atom is -0.377 e. The molecule has 0 saturated carbocycles. The van der Waals surface area contributed by atoms with Crippen molar-refractivity contribution in [1.29, 1.82) is 0 Å². The zero-order chi connectivity index (χ0) is 43.4. The van der Waals surface area contributed by atoms with Crippen molar-refractivity contribution in [3.63, 3.8) is 0 Å². The van der Waals surface area contributed by atoms with Crippen molar-refractivity contribution in [2.24, 2.45) is 0 Å². The van der Waals surface area contributed by atoms with Crippen LogP contribution >= 0.6 is 0 Å².